The molecule has 0 aromatic carbocycles. The van der Waals surface area contributed by atoms with E-state index < -0.39 is 8.07 Å². The van der Waals surface area contributed by atoms with Crippen molar-refractivity contribution in [3.05, 3.63) is 10.3 Å². The van der Waals surface area contributed by atoms with E-state index in [-0.39, 0.29) is 5.97 Å². The molecule has 0 fully saturated rings. The van der Waals surface area contributed by atoms with Crippen LogP contribution in [0.3, 0.4) is 0 Å². The van der Waals surface area contributed by atoms with Gasteiger partial charge in [-0.15, -0.1) is 24.4 Å². The van der Waals surface area contributed by atoms with Crippen LogP contribution in [0.4, 0.5) is 0 Å². The van der Waals surface area contributed by atoms with Gasteiger partial charge >= 0.3 is 5.97 Å². The van der Waals surface area contributed by atoms with Crippen LogP contribution in [0.25, 0.3) is 0 Å². The number of carbonyl (C=O) groups excluding carboxylic acids is 1. The summed E-state index contributed by atoms with van der Waals surface area (Å²) in [5, 5.41) is 2.52. The molecule has 0 heterocycles. The molecule has 0 radical (unpaired) electrons. The van der Waals surface area contributed by atoms with Crippen molar-refractivity contribution in [1.82, 2.24) is 0 Å². The number of thiol groups is 1. The van der Waals surface area contributed by atoms with Crippen LogP contribution < -0.4 is 0 Å². The number of carbonyl (C=O) groups is 1. The molecule has 0 bridgehead atoms. The first-order valence-electron chi connectivity index (χ1n) is 3.96. The Morgan fingerprint density at radius 1 is 1.54 bits per heavy atom. The van der Waals surface area contributed by atoms with Gasteiger partial charge in [0.1, 0.15) is 0 Å². The molecule has 0 unspecified atom stereocenters. The molecule has 5 heteroatoms. The molecule has 76 valence electrons. The van der Waals surface area contributed by atoms with Crippen molar-refractivity contribution in [2.75, 3.05) is 12.5 Å². The van der Waals surface area contributed by atoms with Crippen LogP contribution in [0.1, 0.15) is 0 Å². The smallest absolute Gasteiger partial charge is 0.344 e. The van der Waals surface area contributed by atoms with Crippen LogP contribution in [0.15, 0.2) is 10.3 Å². The number of esters is 1. The second kappa shape index (κ2) is 5.77. The van der Waals surface area contributed by atoms with Gasteiger partial charge in [-0.25, -0.2) is 4.79 Å². The third-order valence-corrected chi connectivity index (χ3v) is 6.23. The first-order valence-corrected chi connectivity index (χ1v) is 9.17. The Morgan fingerprint density at radius 2 is 2.08 bits per heavy atom. The highest BCUT2D eigenvalue weighted by atomic mass is 32.2. The van der Waals surface area contributed by atoms with Gasteiger partial charge in [-0.2, -0.15) is 0 Å². The molecule has 0 atom stereocenters. The largest absolute Gasteiger partial charge is 0.465 e. The van der Waals surface area contributed by atoms with Gasteiger partial charge in [-0.3, -0.25) is 0 Å². The zero-order valence-electron chi connectivity index (χ0n) is 8.46. The standard InChI is InChI=1S/C8H16O2S2Si/c1-10-8(9)7(5-11)12-6-13(2,3)4/h5,11H,6H2,1-4H3/b7-5-. The molecule has 0 rings (SSSR count). The monoisotopic (exact) mass is 236 g/mol. The van der Waals surface area contributed by atoms with Crippen LogP contribution in [0, 0.1) is 0 Å². The highest BCUT2D eigenvalue weighted by molar-refractivity contribution is 8.06. The molecule has 0 aliphatic rings. The Morgan fingerprint density at radius 3 is 2.38 bits per heavy atom. The second-order valence-corrected chi connectivity index (χ2v) is 11.1. The van der Waals surface area contributed by atoms with E-state index in [1.165, 1.54) is 24.3 Å². The van der Waals surface area contributed by atoms with E-state index in [2.05, 4.69) is 37.0 Å². The molecule has 0 aliphatic heterocycles. The highest BCUT2D eigenvalue weighted by Crippen LogP contribution is 2.22. The van der Waals surface area contributed by atoms with Gasteiger partial charge in [0.15, 0.2) is 0 Å². The van der Waals surface area contributed by atoms with Gasteiger partial charge in [-0.05, 0) is 10.8 Å². The molecule has 13 heavy (non-hydrogen) atoms. The third-order valence-electron chi connectivity index (χ3n) is 1.16. The highest BCUT2D eigenvalue weighted by Gasteiger charge is 2.17. The van der Waals surface area contributed by atoms with Gasteiger partial charge < -0.3 is 4.74 Å². The fourth-order valence-corrected chi connectivity index (χ4v) is 3.50. The Kier molecular flexibility index (Phi) is 5.83. The Labute approximate surface area is 90.5 Å². The van der Waals surface area contributed by atoms with Crippen LogP contribution in [0.5, 0.6) is 0 Å². The van der Waals surface area contributed by atoms with Crippen LogP contribution in [-0.4, -0.2) is 26.5 Å². The topological polar surface area (TPSA) is 26.3 Å². The maximum atomic E-state index is 11.1. The fraction of sp³-hybridized carbons (Fsp3) is 0.625. The molecule has 0 N–H and O–H groups in total. The number of rotatable bonds is 4. The van der Waals surface area contributed by atoms with Crippen LogP contribution >= 0.6 is 24.4 Å². The first-order chi connectivity index (χ1) is 5.90. The van der Waals surface area contributed by atoms with Crippen molar-refractivity contribution in [1.29, 1.82) is 0 Å². The third kappa shape index (κ3) is 6.23. The predicted molar refractivity (Wildman–Crippen MR) is 64.9 cm³/mol. The number of thioether (sulfide) groups is 1. The first kappa shape index (κ1) is 13.1. The zero-order valence-corrected chi connectivity index (χ0v) is 11.2. The summed E-state index contributed by atoms with van der Waals surface area (Å²) in [6.07, 6.45) is 0. The Hall–Kier alpha value is 0.127. The summed E-state index contributed by atoms with van der Waals surface area (Å²) in [5.74, 6) is -0.293. The number of hydrogen-bond donors (Lipinski definition) is 1. The van der Waals surface area contributed by atoms with E-state index >= 15 is 0 Å². The molecule has 0 saturated carbocycles. The van der Waals surface area contributed by atoms with Gasteiger partial charge in [-0.1, -0.05) is 19.6 Å². The van der Waals surface area contributed by atoms with E-state index in [0.29, 0.717) is 4.91 Å². The summed E-state index contributed by atoms with van der Waals surface area (Å²) >= 11 is 5.50. The van der Waals surface area contributed by atoms with Crippen molar-refractivity contribution in [3.8, 4) is 0 Å². The molecule has 0 aliphatic carbocycles. The van der Waals surface area contributed by atoms with Gasteiger partial charge in [0, 0.05) is 0 Å². The molecule has 0 saturated heterocycles. The molecule has 2 nitrogen and oxygen atoms in total. The van der Waals surface area contributed by atoms with Crippen molar-refractivity contribution < 1.29 is 9.53 Å². The van der Waals surface area contributed by atoms with E-state index in [1.54, 1.807) is 0 Å². The summed E-state index contributed by atoms with van der Waals surface area (Å²) in [5.41, 5.74) is 0. The second-order valence-electron chi connectivity index (χ2n) is 3.83. The average molecular weight is 236 g/mol. The van der Waals surface area contributed by atoms with Crippen molar-refractivity contribution in [3.63, 3.8) is 0 Å². The van der Waals surface area contributed by atoms with Crippen LogP contribution in [0.2, 0.25) is 19.6 Å². The normalized spacial score (nSPS) is 12.8. The SMILES string of the molecule is COC(=O)/C(=C/S)SC[Si](C)(C)C. The van der Waals surface area contributed by atoms with Crippen molar-refractivity contribution in [2.45, 2.75) is 19.6 Å². The molecule has 0 aromatic heterocycles. The summed E-state index contributed by atoms with van der Waals surface area (Å²) in [7, 11) is 0.269. The summed E-state index contributed by atoms with van der Waals surface area (Å²) in [6.45, 7) is 6.77. The summed E-state index contributed by atoms with van der Waals surface area (Å²) < 4.78 is 4.61. The average Bonchev–Trinajstić information content (AvgIpc) is 2.03. The molecular weight excluding hydrogens is 220 g/mol. The Bertz CT molecular complexity index is 209. The van der Waals surface area contributed by atoms with E-state index in [4.69, 9.17) is 0 Å². The fourth-order valence-electron chi connectivity index (χ4n) is 0.544. The van der Waals surface area contributed by atoms with Crippen LogP contribution in [-0.2, 0) is 9.53 Å². The van der Waals surface area contributed by atoms with Crippen molar-refractivity contribution >= 4 is 38.4 Å². The van der Waals surface area contributed by atoms with Gasteiger partial charge in [0.2, 0.25) is 0 Å². The minimum atomic E-state index is -1.11. The van der Waals surface area contributed by atoms with Gasteiger partial charge in [0.05, 0.1) is 20.1 Å². The molecule has 0 spiro atoms. The zero-order chi connectivity index (χ0) is 10.5. The lowest BCUT2D eigenvalue weighted by Crippen LogP contribution is -2.24. The summed E-state index contributed by atoms with van der Waals surface area (Å²) in [6, 6.07) is 0. The number of ether oxygens (including phenoxy) is 1. The molecule has 0 amide bonds. The predicted octanol–water partition coefficient (Wildman–Crippen LogP) is 2.54. The maximum absolute atomic E-state index is 11.1. The van der Waals surface area contributed by atoms with Crippen molar-refractivity contribution in [2.24, 2.45) is 0 Å². The van der Waals surface area contributed by atoms with Gasteiger partial charge in [0.25, 0.3) is 0 Å². The maximum Gasteiger partial charge on any atom is 0.344 e. The quantitative estimate of drug-likeness (QED) is 0.352. The number of hydrogen-bond acceptors (Lipinski definition) is 4. The molecular formula is C8H16O2S2Si. The minimum absolute atomic E-state index is 0.293. The molecule has 0 aromatic rings. The Balaban J connectivity index is 4.10. The number of methoxy groups -OCH3 is 1. The lowest BCUT2D eigenvalue weighted by atomic mass is 10.6. The van der Waals surface area contributed by atoms with E-state index in [0.717, 1.165) is 5.38 Å². The minimum Gasteiger partial charge on any atom is -0.465 e. The van der Waals surface area contributed by atoms with E-state index in [9.17, 15) is 4.79 Å². The lowest BCUT2D eigenvalue weighted by Gasteiger charge is -2.15. The lowest BCUT2D eigenvalue weighted by molar-refractivity contribution is -0.135. The van der Waals surface area contributed by atoms with E-state index in [1.807, 2.05) is 0 Å². The summed E-state index contributed by atoms with van der Waals surface area (Å²) in [4.78, 5) is 11.7.